The summed E-state index contributed by atoms with van der Waals surface area (Å²) in [7, 11) is 0. The molecule has 0 bridgehead atoms. The van der Waals surface area contributed by atoms with Gasteiger partial charge in [-0.25, -0.2) is 0 Å². The van der Waals surface area contributed by atoms with E-state index in [1.807, 2.05) is 24.3 Å². The predicted octanol–water partition coefficient (Wildman–Crippen LogP) is 4.04. The Bertz CT molecular complexity index is 751. The molecule has 2 aliphatic heterocycles. The van der Waals surface area contributed by atoms with E-state index >= 15 is 0 Å². The molecular weight excluding hydrogens is 348 g/mol. The summed E-state index contributed by atoms with van der Waals surface area (Å²) in [6, 6.07) is 17.4. The van der Waals surface area contributed by atoms with Gasteiger partial charge in [-0.05, 0) is 61.9 Å². The standard InChI is InChI=1S/C24H32N2O2/c1-19(27)20-7-9-23(10-8-20)28-18-4-14-25-15-12-22(13-16-25)26-17-11-21-5-2-3-6-24(21)26/h2-3,5-10,19,22,27H,4,11-18H2,1H3. The van der Waals surface area contributed by atoms with Gasteiger partial charge in [-0.3, -0.25) is 0 Å². The molecule has 0 amide bonds. The van der Waals surface area contributed by atoms with Gasteiger partial charge in [0.1, 0.15) is 5.75 Å². The molecule has 0 aliphatic carbocycles. The lowest BCUT2D eigenvalue weighted by atomic mass is 10.0. The van der Waals surface area contributed by atoms with Gasteiger partial charge < -0.3 is 19.6 Å². The second-order valence-corrected chi connectivity index (χ2v) is 8.09. The number of fused-ring (bicyclic) bond motifs is 1. The van der Waals surface area contributed by atoms with Crippen LogP contribution in [-0.4, -0.2) is 48.8 Å². The molecule has 2 aromatic carbocycles. The average Bonchev–Trinajstić information content (AvgIpc) is 3.16. The van der Waals surface area contributed by atoms with Gasteiger partial charge in [0.15, 0.2) is 0 Å². The Labute approximate surface area is 168 Å². The number of ether oxygens (including phenoxy) is 1. The zero-order chi connectivity index (χ0) is 19.3. The van der Waals surface area contributed by atoms with Crippen molar-refractivity contribution in [2.45, 2.75) is 44.8 Å². The number of hydrogen-bond acceptors (Lipinski definition) is 4. The van der Waals surface area contributed by atoms with E-state index in [1.165, 1.54) is 50.1 Å². The van der Waals surface area contributed by atoms with E-state index in [1.54, 1.807) is 6.92 Å². The molecule has 4 rings (SSSR count). The minimum absolute atomic E-state index is 0.425. The number of para-hydroxylation sites is 1. The summed E-state index contributed by atoms with van der Waals surface area (Å²) in [5, 5.41) is 9.56. The second kappa shape index (κ2) is 8.97. The third-order valence-electron chi connectivity index (χ3n) is 6.17. The van der Waals surface area contributed by atoms with Crippen molar-refractivity contribution in [1.29, 1.82) is 0 Å². The number of anilines is 1. The molecule has 1 unspecified atom stereocenters. The van der Waals surface area contributed by atoms with Crippen LogP contribution in [0, 0.1) is 0 Å². The van der Waals surface area contributed by atoms with Gasteiger partial charge in [0.05, 0.1) is 12.7 Å². The Hall–Kier alpha value is -2.04. The lowest BCUT2D eigenvalue weighted by Crippen LogP contribution is -2.44. The van der Waals surface area contributed by atoms with Crippen LogP contribution in [0.25, 0.3) is 0 Å². The SMILES string of the molecule is CC(O)c1ccc(OCCCN2CCC(N3CCc4ccccc43)CC2)cc1. The highest BCUT2D eigenvalue weighted by Gasteiger charge is 2.28. The van der Waals surface area contributed by atoms with Crippen molar-refractivity contribution in [2.24, 2.45) is 0 Å². The number of rotatable bonds is 7. The summed E-state index contributed by atoms with van der Waals surface area (Å²) in [6.45, 7) is 7.19. The van der Waals surface area contributed by atoms with Crippen LogP contribution in [0.1, 0.15) is 43.4 Å². The molecule has 4 heteroatoms. The molecule has 2 aliphatic rings. The molecule has 1 atom stereocenters. The lowest BCUT2D eigenvalue weighted by molar-refractivity contribution is 0.191. The van der Waals surface area contributed by atoms with E-state index in [9.17, 15) is 5.11 Å². The molecule has 2 aromatic rings. The van der Waals surface area contributed by atoms with Crippen LogP contribution in [0.2, 0.25) is 0 Å². The largest absolute Gasteiger partial charge is 0.494 e. The Morgan fingerprint density at radius 3 is 2.54 bits per heavy atom. The molecule has 4 nitrogen and oxygen atoms in total. The summed E-state index contributed by atoms with van der Waals surface area (Å²) < 4.78 is 5.86. The lowest BCUT2D eigenvalue weighted by Gasteiger charge is -2.38. The average molecular weight is 381 g/mol. The number of piperidine rings is 1. The number of nitrogens with zero attached hydrogens (tertiary/aromatic N) is 2. The van der Waals surface area contributed by atoms with E-state index in [2.05, 4.69) is 34.1 Å². The van der Waals surface area contributed by atoms with Gasteiger partial charge in [0.25, 0.3) is 0 Å². The maximum atomic E-state index is 9.56. The van der Waals surface area contributed by atoms with Crippen molar-refractivity contribution in [3.05, 3.63) is 59.7 Å². The second-order valence-electron chi connectivity index (χ2n) is 8.09. The van der Waals surface area contributed by atoms with Crippen molar-refractivity contribution in [3.63, 3.8) is 0 Å². The first-order chi connectivity index (χ1) is 13.7. The quantitative estimate of drug-likeness (QED) is 0.736. The summed E-state index contributed by atoms with van der Waals surface area (Å²) in [5.74, 6) is 0.885. The summed E-state index contributed by atoms with van der Waals surface area (Å²) in [6.07, 6.45) is 4.35. The molecule has 28 heavy (non-hydrogen) atoms. The van der Waals surface area contributed by atoms with Gasteiger partial charge in [0.2, 0.25) is 0 Å². The van der Waals surface area contributed by atoms with Crippen LogP contribution >= 0.6 is 0 Å². The highest BCUT2D eigenvalue weighted by molar-refractivity contribution is 5.58. The highest BCUT2D eigenvalue weighted by Crippen LogP contribution is 2.32. The van der Waals surface area contributed by atoms with Crippen LogP contribution in [0.5, 0.6) is 5.75 Å². The molecule has 1 fully saturated rings. The Balaban J connectivity index is 1.16. The van der Waals surface area contributed by atoms with Crippen LogP contribution in [0.15, 0.2) is 48.5 Å². The minimum atomic E-state index is -0.425. The molecule has 1 N–H and O–H groups in total. The number of benzene rings is 2. The van der Waals surface area contributed by atoms with Crippen LogP contribution < -0.4 is 9.64 Å². The predicted molar refractivity (Wildman–Crippen MR) is 114 cm³/mol. The third kappa shape index (κ3) is 4.50. The monoisotopic (exact) mass is 380 g/mol. The molecular formula is C24H32N2O2. The molecule has 150 valence electrons. The van der Waals surface area contributed by atoms with E-state index in [0.29, 0.717) is 6.04 Å². The summed E-state index contributed by atoms with van der Waals surface area (Å²) in [5.41, 5.74) is 3.91. The first kappa shape index (κ1) is 19.3. The Morgan fingerprint density at radius 2 is 1.79 bits per heavy atom. The van der Waals surface area contributed by atoms with Crippen molar-refractivity contribution in [3.8, 4) is 5.75 Å². The maximum absolute atomic E-state index is 9.56. The van der Waals surface area contributed by atoms with E-state index in [-0.39, 0.29) is 0 Å². The number of likely N-dealkylation sites (tertiary alicyclic amines) is 1. The summed E-state index contributed by atoms with van der Waals surface area (Å²) >= 11 is 0. The fourth-order valence-corrected chi connectivity index (χ4v) is 4.52. The zero-order valence-corrected chi connectivity index (χ0v) is 16.9. The van der Waals surface area contributed by atoms with Crippen molar-refractivity contribution >= 4 is 5.69 Å². The normalized spacial score (nSPS) is 18.9. The van der Waals surface area contributed by atoms with Crippen LogP contribution in [0.4, 0.5) is 5.69 Å². The topological polar surface area (TPSA) is 35.9 Å². The fourth-order valence-electron chi connectivity index (χ4n) is 4.52. The number of aliphatic hydroxyl groups excluding tert-OH is 1. The smallest absolute Gasteiger partial charge is 0.119 e. The van der Waals surface area contributed by atoms with Crippen LogP contribution in [-0.2, 0) is 6.42 Å². The zero-order valence-electron chi connectivity index (χ0n) is 16.9. The molecule has 0 radical (unpaired) electrons. The Morgan fingerprint density at radius 1 is 1.04 bits per heavy atom. The first-order valence-electron chi connectivity index (χ1n) is 10.7. The van der Waals surface area contributed by atoms with Crippen molar-refractivity contribution < 1.29 is 9.84 Å². The number of aliphatic hydroxyl groups is 1. The maximum Gasteiger partial charge on any atom is 0.119 e. The van der Waals surface area contributed by atoms with Crippen molar-refractivity contribution in [2.75, 3.05) is 37.7 Å². The van der Waals surface area contributed by atoms with E-state index in [0.717, 1.165) is 30.9 Å². The van der Waals surface area contributed by atoms with Gasteiger partial charge in [-0.15, -0.1) is 0 Å². The molecule has 0 saturated carbocycles. The molecule has 2 heterocycles. The van der Waals surface area contributed by atoms with Crippen molar-refractivity contribution in [1.82, 2.24) is 4.90 Å². The van der Waals surface area contributed by atoms with Crippen LogP contribution in [0.3, 0.4) is 0 Å². The molecule has 0 aromatic heterocycles. The van der Waals surface area contributed by atoms with Gasteiger partial charge in [0, 0.05) is 37.9 Å². The van der Waals surface area contributed by atoms with E-state index in [4.69, 9.17) is 4.74 Å². The highest BCUT2D eigenvalue weighted by atomic mass is 16.5. The van der Waals surface area contributed by atoms with E-state index < -0.39 is 6.10 Å². The number of hydrogen-bond donors (Lipinski definition) is 1. The van der Waals surface area contributed by atoms with Gasteiger partial charge in [-0.1, -0.05) is 30.3 Å². The van der Waals surface area contributed by atoms with Gasteiger partial charge >= 0.3 is 0 Å². The first-order valence-corrected chi connectivity index (χ1v) is 10.7. The fraction of sp³-hybridized carbons (Fsp3) is 0.500. The molecule has 0 spiro atoms. The third-order valence-corrected chi connectivity index (χ3v) is 6.17. The minimum Gasteiger partial charge on any atom is -0.494 e. The van der Waals surface area contributed by atoms with Gasteiger partial charge in [-0.2, -0.15) is 0 Å². The summed E-state index contributed by atoms with van der Waals surface area (Å²) in [4.78, 5) is 5.23. The molecule has 1 saturated heterocycles. The Kier molecular flexibility index (Phi) is 6.18.